The van der Waals surface area contributed by atoms with Gasteiger partial charge in [-0.1, -0.05) is 26.0 Å². The summed E-state index contributed by atoms with van der Waals surface area (Å²) in [6.07, 6.45) is 4.92. The molecule has 2 aromatic rings. The van der Waals surface area contributed by atoms with E-state index >= 15 is 0 Å². The van der Waals surface area contributed by atoms with Gasteiger partial charge in [0.05, 0.1) is 10.9 Å². The van der Waals surface area contributed by atoms with Crippen LogP contribution >= 0.6 is 0 Å². The van der Waals surface area contributed by atoms with Crippen LogP contribution in [0.15, 0.2) is 29.1 Å². The van der Waals surface area contributed by atoms with Crippen molar-refractivity contribution in [2.75, 3.05) is 13.1 Å². The highest BCUT2D eigenvalue weighted by molar-refractivity contribution is 5.78. The number of amides is 1. The molecule has 5 heteroatoms. The van der Waals surface area contributed by atoms with Gasteiger partial charge in [0.15, 0.2) is 0 Å². The minimum absolute atomic E-state index is 0.0366. The fourth-order valence-electron chi connectivity index (χ4n) is 3.36. The van der Waals surface area contributed by atoms with Crippen LogP contribution in [0.1, 0.15) is 57.8 Å². The lowest BCUT2D eigenvalue weighted by atomic mass is 10.2. The Morgan fingerprint density at radius 2 is 1.88 bits per heavy atom. The Labute approximate surface area is 148 Å². The number of fused-ring (bicyclic) bond motifs is 1. The van der Waals surface area contributed by atoms with E-state index in [1.54, 1.807) is 0 Å². The molecule has 0 unspecified atom stereocenters. The van der Waals surface area contributed by atoms with Crippen molar-refractivity contribution in [1.82, 2.24) is 14.5 Å². The van der Waals surface area contributed by atoms with Gasteiger partial charge >= 0.3 is 0 Å². The summed E-state index contributed by atoms with van der Waals surface area (Å²) in [5.41, 5.74) is 0.764. The van der Waals surface area contributed by atoms with Gasteiger partial charge in [-0.3, -0.25) is 14.2 Å². The lowest BCUT2D eigenvalue weighted by Gasteiger charge is -2.21. The number of aryl methyl sites for hydroxylation is 1. The Kier molecular flexibility index (Phi) is 5.51. The number of hydrogen-bond acceptors (Lipinski definition) is 3. The van der Waals surface area contributed by atoms with Gasteiger partial charge in [-0.05, 0) is 37.8 Å². The smallest absolute Gasteiger partial charge is 0.261 e. The predicted molar refractivity (Wildman–Crippen MR) is 99.8 cm³/mol. The Morgan fingerprint density at radius 1 is 1.20 bits per heavy atom. The summed E-state index contributed by atoms with van der Waals surface area (Å²) in [5.74, 6) is 0.918. The van der Waals surface area contributed by atoms with E-state index in [-0.39, 0.29) is 17.5 Å². The Hall–Kier alpha value is -2.17. The lowest BCUT2D eigenvalue weighted by molar-refractivity contribution is -0.131. The highest BCUT2D eigenvalue weighted by Crippen LogP contribution is 2.34. The van der Waals surface area contributed by atoms with Crippen molar-refractivity contribution in [3.05, 3.63) is 40.4 Å². The molecule has 0 N–H and O–H groups in total. The summed E-state index contributed by atoms with van der Waals surface area (Å²) in [6.45, 7) is 5.78. The second-order valence-electron chi connectivity index (χ2n) is 6.83. The van der Waals surface area contributed by atoms with Crippen molar-refractivity contribution in [2.24, 2.45) is 0 Å². The van der Waals surface area contributed by atoms with Crippen molar-refractivity contribution in [1.29, 1.82) is 0 Å². The monoisotopic (exact) mass is 341 g/mol. The van der Waals surface area contributed by atoms with Crippen LogP contribution in [0.25, 0.3) is 10.9 Å². The summed E-state index contributed by atoms with van der Waals surface area (Å²) in [5, 5.41) is 0.670. The molecular weight excluding hydrogens is 314 g/mol. The van der Waals surface area contributed by atoms with Crippen molar-refractivity contribution in [3.8, 4) is 0 Å². The SMILES string of the molecule is CCCN(CCC)C(=O)CCc1nc2ccccc2c(=O)n1C1CC1. The minimum Gasteiger partial charge on any atom is -0.343 e. The van der Waals surface area contributed by atoms with E-state index in [0.717, 1.165) is 50.1 Å². The molecule has 0 aliphatic heterocycles. The molecule has 1 heterocycles. The normalized spacial score (nSPS) is 14.0. The molecule has 1 fully saturated rings. The first kappa shape index (κ1) is 17.6. The molecule has 0 bridgehead atoms. The number of rotatable bonds is 8. The lowest BCUT2D eigenvalue weighted by Crippen LogP contribution is -2.33. The highest BCUT2D eigenvalue weighted by Gasteiger charge is 2.28. The van der Waals surface area contributed by atoms with Crippen LogP contribution in [-0.2, 0) is 11.2 Å². The molecule has 1 aliphatic rings. The van der Waals surface area contributed by atoms with E-state index in [4.69, 9.17) is 4.98 Å². The second kappa shape index (κ2) is 7.81. The fourth-order valence-corrected chi connectivity index (χ4v) is 3.36. The van der Waals surface area contributed by atoms with Gasteiger partial charge < -0.3 is 4.90 Å². The van der Waals surface area contributed by atoms with Crippen LogP contribution in [-0.4, -0.2) is 33.4 Å². The van der Waals surface area contributed by atoms with E-state index in [1.165, 1.54) is 0 Å². The van der Waals surface area contributed by atoms with E-state index in [0.29, 0.717) is 18.2 Å². The molecule has 0 saturated heterocycles. The average Bonchev–Trinajstić information content (AvgIpc) is 3.44. The first-order valence-electron chi connectivity index (χ1n) is 9.43. The predicted octanol–water partition coefficient (Wildman–Crippen LogP) is 3.31. The van der Waals surface area contributed by atoms with Crippen LogP contribution in [0.3, 0.4) is 0 Å². The van der Waals surface area contributed by atoms with Crippen LogP contribution in [0.2, 0.25) is 0 Å². The van der Waals surface area contributed by atoms with E-state index in [2.05, 4.69) is 13.8 Å². The summed E-state index contributed by atoms with van der Waals surface area (Å²) < 4.78 is 1.83. The topological polar surface area (TPSA) is 55.2 Å². The number of carbonyl (C=O) groups excluding carboxylic acids is 1. The highest BCUT2D eigenvalue weighted by atomic mass is 16.2. The maximum Gasteiger partial charge on any atom is 0.261 e. The molecule has 1 aromatic heterocycles. The number of para-hydroxylation sites is 1. The molecule has 1 saturated carbocycles. The molecular formula is C20H27N3O2. The summed E-state index contributed by atoms with van der Waals surface area (Å²) in [6, 6.07) is 7.74. The maximum atomic E-state index is 12.8. The number of hydrogen-bond donors (Lipinski definition) is 0. The zero-order chi connectivity index (χ0) is 17.8. The average molecular weight is 341 g/mol. The Morgan fingerprint density at radius 3 is 2.52 bits per heavy atom. The molecule has 0 atom stereocenters. The Bertz CT molecular complexity index is 802. The van der Waals surface area contributed by atoms with Gasteiger partial charge in [-0.15, -0.1) is 0 Å². The van der Waals surface area contributed by atoms with Gasteiger partial charge in [-0.2, -0.15) is 0 Å². The van der Waals surface area contributed by atoms with Crippen molar-refractivity contribution >= 4 is 16.8 Å². The zero-order valence-corrected chi connectivity index (χ0v) is 15.2. The second-order valence-corrected chi connectivity index (χ2v) is 6.83. The first-order chi connectivity index (χ1) is 12.2. The quantitative estimate of drug-likeness (QED) is 0.740. The van der Waals surface area contributed by atoms with Gasteiger partial charge in [0, 0.05) is 32.0 Å². The summed E-state index contributed by atoms with van der Waals surface area (Å²) in [4.78, 5) is 32.0. The summed E-state index contributed by atoms with van der Waals surface area (Å²) in [7, 11) is 0. The molecule has 0 spiro atoms. The van der Waals surface area contributed by atoms with Crippen LogP contribution < -0.4 is 5.56 Å². The number of carbonyl (C=O) groups is 1. The van der Waals surface area contributed by atoms with Crippen molar-refractivity contribution in [3.63, 3.8) is 0 Å². The van der Waals surface area contributed by atoms with E-state index in [1.807, 2.05) is 33.7 Å². The Balaban J connectivity index is 1.84. The number of benzene rings is 1. The molecule has 1 aliphatic carbocycles. The third-order valence-electron chi connectivity index (χ3n) is 4.70. The van der Waals surface area contributed by atoms with Crippen LogP contribution in [0, 0.1) is 0 Å². The van der Waals surface area contributed by atoms with E-state index < -0.39 is 0 Å². The van der Waals surface area contributed by atoms with Gasteiger partial charge in [0.2, 0.25) is 5.91 Å². The van der Waals surface area contributed by atoms with Gasteiger partial charge in [0.25, 0.3) is 5.56 Å². The molecule has 1 amide bonds. The van der Waals surface area contributed by atoms with Gasteiger partial charge in [0.1, 0.15) is 5.82 Å². The van der Waals surface area contributed by atoms with Crippen LogP contribution in [0.5, 0.6) is 0 Å². The molecule has 0 radical (unpaired) electrons. The molecule has 25 heavy (non-hydrogen) atoms. The number of nitrogens with zero attached hydrogens (tertiary/aromatic N) is 3. The molecule has 1 aromatic carbocycles. The fraction of sp³-hybridized carbons (Fsp3) is 0.550. The summed E-state index contributed by atoms with van der Waals surface area (Å²) >= 11 is 0. The van der Waals surface area contributed by atoms with Crippen molar-refractivity contribution < 1.29 is 4.79 Å². The minimum atomic E-state index is 0.0366. The molecule has 3 rings (SSSR count). The maximum absolute atomic E-state index is 12.8. The molecule has 134 valence electrons. The van der Waals surface area contributed by atoms with E-state index in [9.17, 15) is 9.59 Å². The van der Waals surface area contributed by atoms with Crippen molar-refractivity contribution in [2.45, 2.75) is 58.4 Å². The first-order valence-corrected chi connectivity index (χ1v) is 9.43. The zero-order valence-electron chi connectivity index (χ0n) is 15.2. The van der Waals surface area contributed by atoms with Gasteiger partial charge in [-0.25, -0.2) is 4.98 Å². The largest absolute Gasteiger partial charge is 0.343 e. The number of aromatic nitrogens is 2. The third-order valence-corrected chi connectivity index (χ3v) is 4.70. The van der Waals surface area contributed by atoms with Crippen LogP contribution in [0.4, 0.5) is 0 Å². The standard InChI is InChI=1S/C20H27N3O2/c1-3-13-22(14-4-2)19(24)12-11-18-21-17-8-6-5-7-16(17)20(25)23(18)15-9-10-15/h5-8,15H,3-4,9-14H2,1-2H3. The third kappa shape index (κ3) is 3.91. The molecule has 5 nitrogen and oxygen atoms in total.